The van der Waals surface area contributed by atoms with Crippen LogP contribution in [0.2, 0.25) is 0 Å². The number of esters is 2. The van der Waals surface area contributed by atoms with E-state index in [0.29, 0.717) is 0 Å². The van der Waals surface area contributed by atoms with Crippen LogP contribution in [-0.2, 0) is 19.1 Å². The number of benzene rings is 1. The Balaban J connectivity index is 2.18. The van der Waals surface area contributed by atoms with E-state index in [2.05, 4.69) is 0 Å². The number of ether oxygens (including phenoxy) is 2. The summed E-state index contributed by atoms with van der Waals surface area (Å²) in [7, 11) is 0. The van der Waals surface area contributed by atoms with Gasteiger partial charge in [0.25, 0.3) is 5.79 Å². The summed E-state index contributed by atoms with van der Waals surface area (Å²) in [6.45, 7) is 6.60. The first-order valence-electron chi connectivity index (χ1n) is 6.94. The van der Waals surface area contributed by atoms with E-state index in [1.165, 1.54) is 0 Å². The molecule has 1 aromatic carbocycles. The summed E-state index contributed by atoms with van der Waals surface area (Å²) < 4.78 is 10.4. The summed E-state index contributed by atoms with van der Waals surface area (Å²) in [5, 5.41) is 0. The maximum Gasteiger partial charge on any atom is 0.326 e. The van der Waals surface area contributed by atoms with E-state index in [0.717, 1.165) is 11.1 Å². The highest BCUT2D eigenvalue weighted by Gasteiger charge is 2.52. The van der Waals surface area contributed by atoms with Crippen LogP contribution < -0.4 is 0 Å². The highest BCUT2D eigenvalue weighted by atomic mass is 16.7. The first-order chi connectivity index (χ1) is 9.74. The predicted molar refractivity (Wildman–Crippen MR) is 79.1 cm³/mol. The molecule has 0 spiro atoms. The molecule has 2 rings (SSSR count). The van der Waals surface area contributed by atoms with Gasteiger partial charge in [0.05, 0.1) is 0 Å². The molecule has 1 aliphatic heterocycles. The molecule has 1 aliphatic rings. The van der Waals surface area contributed by atoms with Gasteiger partial charge in [-0.1, -0.05) is 36.4 Å². The van der Waals surface area contributed by atoms with E-state index in [-0.39, 0.29) is 6.42 Å². The van der Waals surface area contributed by atoms with Gasteiger partial charge in [-0.25, -0.2) is 0 Å². The van der Waals surface area contributed by atoms with Crippen LogP contribution >= 0.6 is 0 Å². The lowest BCUT2D eigenvalue weighted by Crippen LogP contribution is -2.52. The second kappa shape index (κ2) is 5.35. The molecule has 1 fully saturated rings. The maximum atomic E-state index is 12.1. The van der Waals surface area contributed by atoms with Gasteiger partial charge in [0, 0.05) is 13.8 Å². The van der Waals surface area contributed by atoms with Crippen molar-refractivity contribution in [2.24, 2.45) is 5.41 Å². The molecule has 112 valence electrons. The van der Waals surface area contributed by atoms with Crippen molar-refractivity contribution in [2.45, 2.75) is 39.9 Å². The molecule has 0 unspecified atom stereocenters. The Hall–Kier alpha value is -2.10. The van der Waals surface area contributed by atoms with Crippen LogP contribution in [0.3, 0.4) is 0 Å². The van der Waals surface area contributed by atoms with Crippen molar-refractivity contribution in [3.8, 4) is 0 Å². The summed E-state index contributed by atoms with van der Waals surface area (Å²) in [5.74, 6) is -2.27. The Morgan fingerprint density at radius 3 is 2.10 bits per heavy atom. The van der Waals surface area contributed by atoms with Gasteiger partial charge in [0.1, 0.15) is 0 Å². The van der Waals surface area contributed by atoms with E-state index < -0.39 is 23.1 Å². The third kappa shape index (κ3) is 3.15. The highest BCUT2D eigenvalue weighted by Crippen LogP contribution is 2.35. The normalized spacial score (nSPS) is 20.7. The monoisotopic (exact) mass is 288 g/mol. The van der Waals surface area contributed by atoms with Crippen LogP contribution in [0.15, 0.2) is 36.4 Å². The molecule has 21 heavy (non-hydrogen) atoms. The standard InChI is InChI=1S/C17H20O4/c1-12(13-8-6-5-7-9-13)10-11-17(4)14(18)20-16(2,3)21-15(17)19/h5-10H,11H2,1-4H3/b12-10-. The van der Waals surface area contributed by atoms with Crippen LogP contribution in [0.4, 0.5) is 0 Å². The third-order valence-corrected chi connectivity index (χ3v) is 3.62. The van der Waals surface area contributed by atoms with Crippen LogP contribution in [0.1, 0.15) is 39.7 Å². The molecule has 1 heterocycles. The van der Waals surface area contributed by atoms with Crippen molar-refractivity contribution in [1.82, 2.24) is 0 Å². The first-order valence-corrected chi connectivity index (χ1v) is 6.94. The summed E-state index contributed by atoms with van der Waals surface area (Å²) >= 11 is 0. The molecule has 0 aromatic heterocycles. The number of cyclic esters (lactones) is 2. The van der Waals surface area contributed by atoms with E-state index in [1.807, 2.05) is 43.3 Å². The second-order valence-corrected chi connectivity index (χ2v) is 5.97. The molecule has 0 radical (unpaired) electrons. The lowest BCUT2D eigenvalue weighted by atomic mass is 9.84. The van der Waals surface area contributed by atoms with Crippen LogP contribution in [0, 0.1) is 5.41 Å². The predicted octanol–water partition coefficient (Wildman–Crippen LogP) is 3.32. The Morgan fingerprint density at radius 2 is 1.57 bits per heavy atom. The summed E-state index contributed by atoms with van der Waals surface area (Å²) in [6.07, 6.45) is 2.12. The molecular weight excluding hydrogens is 268 g/mol. The zero-order chi connectivity index (χ0) is 15.7. The zero-order valence-electron chi connectivity index (χ0n) is 12.8. The number of carbonyl (C=O) groups excluding carboxylic acids is 2. The van der Waals surface area contributed by atoms with Crippen molar-refractivity contribution < 1.29 is 19.1 Å². The average molecular weight is 288 g/mol. The number of carbonyl (C=O) groups is 2. The average Bonchev–Trinajstić information content (AvgIpc) is 2.42. The Bertz CT molecular complexity index is 564. The van der Waals surface area contributed by atoms with Crippen LogP contribution in [0.25, 0.3) is 5.57 Å². The van der Waals surface area contributed by atoms with Gasteiger partial charge >= 0.3 is 11.9 Å². The summed E-state index contributed by atoms with van der Waals surface area (Å²) in [6, 6.07) is 9.79. The van der Waals surface area contributed by atoms with Crippen molar-refractivity contribution in [3.63, 3.8) is 0 Å². The fourth-order valence-corrected chi connectivity index (χ4v) is 2.12. The lowest BCUT2D eigenvalue weighted by molar-refractivity contribution is -0.249. The first kappa shape index (κ1) is 15.3. The second-order valence-electron chi connectivity index (χ2n) is 5.97. The van der Waals surface area contributed by atoms with Gasteiger partial charge < -0.3 is 9.47 Å². The highest BCUT2D eigenvalue weighted by molar-refractivity contribution is 6.01. The molecule has 0 amide bonds. The van der Waals surface area contributed by atoms with Gasteiger partial charge in [-0.3, -0.25) is 9.59 Å². The van der Waals surface area contributed by atoms with Gasteiger partial charge in [0.2, 0.25) is 0 Å². The zero-order valence-corrected chi connectivity index (χ0v) is 12.8. The molecule has 1 saturated heterocycles. The SMILES string of the molecule is C/C(=C/CC1(C)C(=O)OC(C)(C)OC1=O)c1ccccc1. The Labute approximate surface area is 124 Å². The Morgan fingerprint density at radius 1 is 1.05 bits per heavy atom. The molecule has 0 N–H and O–H groups in total. The molecule has 1 aromatic rings. The number of rotatable bonds is 3. The molecule has 0 atom stereocenters. The number of allylic oxidation sites excluding steroid dienone is 2. The smallest absolute Gasteiger partial charge is 0.326 e. The fourth-order valence-electron chi connectivity index (χ4n) is 2.12. The van der Waals surface area contributed by atoms with E-state index >= 15 is 0 Å². The largest absolute Gasteiger partial charge is 0.422 e. The van der Waals surface area contributed by atoms with Crippen molar-refractivity contribution in [3.05, 3.63) is 42.0 Å². The summed E-state index contributed by atoms with van der Waals surface area (Å²) in [4.78, 5) is 24.3. The lowest BCUT2D eigenvalue weighted by Gasteiger charge is -2.37. The van der Waals surface area contributed by atoms with Gasteiger partial charge in [-0.2, -0.15) is 0 Å². The fraction of sp³-hybridized carbons (Fsp3) is 0.412. The minimum Gasteiger partial charge on any atom is -0.422 e. The number of hydrogen-bond acceptors (Lipinski definition) is 4. The quantitative estimate of drug-likeness (QED) is 0.632. The summed E-state index contributed by atoms with van der Waals surface area (Å²) in [5.41, 5.74) is 0.771. The van der Waals surface area contributed by atoms with Gasteiger partial charge in [-0.05, 0) is 31.4 Å². The molecule has 0 aliphatic carbocycles. The molecule has 4 nitrogen and oxygen atoms in total. The van der Waals surface area contributed by atoms with E-state index in [9.17, 15) is 9.59 Å². The van der Waals surface area contributed by atoms with E-state index in [1.54, 1.807) is 20.8 Å². The Kier molecular flexibility index (Phi) is 3.90. The topological polar surface area (TPSA) is 52.6 Å². The molecule has 0 saturated carbocycles. The minimum absolute atomic E-state index is 0.251. The molecular formula is C17H20O4. The third-order valence-electron chi connectivity index (χ3n) is 3.62. The van der Waals surface area contributed by atoms with Crippen molar-refractivity contribution in [1.29, 1.82) is 0 Å². The number of hydrogen-bond donors (Lipinski definition) is 0. The molecule has 0 bridgehead atoms. The minimum atomic E-state index is -1.29. The van der Waals surface area contributed by atoms with Crippen molar-refractivity contribution in [2.75, 3.05) is 0 Å². The van der Waals surface area contributed by atoms with E-state index in [4.69, 9.17) is 9.47 Å². The van der Waals surface area contributed by atoms with Crippen molar-refractivity contribution >= 4 is 17.5 Å². The van der Waals surface area contributed by atoms with Crippen LogP contribution in [0.5, 0.6) is 0 Å². The van der Waals surface area contributed by atoms with Gasteiger partial charge in [-0.15, -0.1) is 0 Å². The van der Waals surface area contributed by atoms with Gasteiger partial charge in [0.15, 0.2) is 5.41 Å². The molecule has 4 heteroatoms. The van der Waals surface area contributed by atoms with Crippen LogP contribution in [-0.4, -0.2) is 17.7 Å². The maximum absolute atomic E-state index is 12.1.